The Kier molecular flexibility index (Phi) is 5.40. The van der Waals surface area contributed by atoms with Crippen molar-refractivity contribution in [3.63, 3.8) is 0 Å². The summed E-state index contributed by atoms with van der Waals surface area (Å²) < 4.78 is 2.60. The molecule has 150 valence electrons. The highest BCUT2D eigenvalue weighted by Crippen LogP contribution is 2.29. The molecule has 0 bridgehead atoms. The minimum atomic E-state index is -1.09. The van der Waals surface area contributed by atoms with Gasteiger partial charge in [0, 0.05) is 21.9 Å². The van der Waals surface area contributed by atoms with Crippen LogP contribution in [0.3, 0.4) is 0 Å². The Morgan fingerprint density at radius 3 is 2.53 bits per heavy atom. The van der Waals surface area contributed by atoms with Crippen LogP contribution in [0.4, 0.5) is 0 Å². The second kappa shape index (κ2) is 8.30. The van der Waals surface area contributed by atoms with E-state index in [1.54, 1.807) is 17.4 Å². The van der Waals surface area contributed by atoms with E-state index in [4.69, 9.17) is 5.73 Å². The number of carbonyl (C=O) groups is 3. The van der Waals surface area contributed by atoms with Crippen LogP contribution in [0.15, 0.2) is 72.2 Å². The summed E-state index contributed by atoms with van der Waals surface area (Å²) in [7, 11) is 0. The lowest BCUT2D eigenvalue weighted by Gasteiger charge is -2.17. The van der Waals surface area contributed by atoms with Crippen LogP contribution in [-0.2, 0) is 16.0 Å². The minimum absolute atomic E-state index is 0.157. The summed E-state index contributed by atoms with van der Waals surface area (Å²) in [5.41, 5.74) is 7.03. The van der Waals surface area contributed by atoms with E-state index in [-0.39, 0.29) is 12.1 Å². The molecule has 0 radical (unpaired) electrons. The van der Waals surface area contributed by atoms with Gasteiger partial charge < -0.3 is 11.1 Å². The van der Waals surface area contributed by atoms with Gasteiger partial charge in [0.2, 0.25) is 5.78 Å². The zero-order valence-corrected chi connectivity index (χ0v) is 16.6. The molecule has 0 saturated heterocycles. The zero-order valence-electron chi connectivity index (χ0n) is 15.8. The first-order valence-corrected chi connectivity index (χ1v) is 10.1. The first-order chi connectivity index (χ1) is 14.5. The summed E-state index contributed by atoms with van der Waals surface area (Å²) in [6.07, 6.45) is 1.67. The molecule has 7 nitrogen and oxygen atoms in total. The Hall–Kier alpha value is -3.78. The fraction of sp³-hybridized carbons (Fsp3) is 0.0909. The summed E-state index contributed by atoms with van der Waals surface area (Å²) in [4.78, 5) is 36.8. The van der Waals surface area contributed by atoms with Crippen LogP contribution in [-0.4, -0.2) is 33.4 Å². The zero-order chi connectivity index (χ0) is 21.1. The van der Waals surface area contributed by atoms with Gasteiger partial charge in [0.05, 0.1) is 11.9 Å². The first-order valence-electron chi connectivity index (χ1n) is 9.23. The van der Waals surface area contributed by atoms with Gasteiger partial charge in [0.1, 0.15) is 11.7 Å². The number of Topliss-reactive ketones (excluding diaryl/α,β-unsaturated/α-hetero) is 1. The number of primary amides is 1. The van der Waals surface area contributed by atoms with Gasteiger partial charge in [-0.2, -0.15) is 5.10 Å². The first kappa shape index (κ1) is 19.5. The largest absolute Gasteiger partial charge is 0.363 e. The molecule has 0 aliphatic rings. The van der Waals surface area contributed by atoms with E-state index in [9.17, 15) is 14.4 Å². The van der Waals surface area contributed by atoms with Gasteiger partial charge in [-0.15, -0.1) is 11.3 Å². The van der Waals surface area contributed by atoms with Gasteiger partial charge in [0.25, 0.3) is 11.8 Å². The number of nitrogens with two attached hydrogens (primary N) is 1. The molecular weight excluding hydrogens is 400 g/mol. The summed E-state index contributed by atoms with van der Waals surface area (Å²) in [6.45, 7) is 0. The van der Waals surface area contributed by atoms with Gasteiger partial charge in [-0.25, -0.2) is 4.68 Å². The predicted molar refractivity (Wildman–Crippen MR) is 115 cm³/mol. The van der Waals surface area contributed by atoms with Gasteiger partial charge in [-0.05, 0) is 17.7 Å². The summed E-state index contributed by atoms with van der Waals surface area (Å²) in [6, 6.07) is 17.4. The number of ketones is 1. The van der Waals surface area contributed by atoms with Crippen molar-refractivity contribution in [1.29, 1.82) is 0 Å². The lowest BCUT2D eigenvalue weighted by atomic mass is 10.0. The Balaban J connectivity index is 1.63. The molecule has 0 saturated carbocycles. The number of nitrogens with one attached hydrogen (secondary N) is 1. The van der Waals surface area contributed by atoms with Crippen molar-refractivity contribution < 1.29 is 14.4 Å². The van der Waals surface area contributed by atoms with E-state index in [1.165, 1.54) is 10.9 Å². The van der Waals surface area contributed by atoms with Crippen molar-refractivity contribution in [2.45, 2.75) is 12.5 Å². The van der Waals surface area contributed by atoms with Crippen molar-refractivity contribution in [2.24, 2.45) is 5.73 Å². The van der Waals surface area contributed by atoms with Gasteiger partial charge in [-0.1, -0.05) is 48.5 Å². The topological polar surface area (TPSA) is 107 Å². The molecule has 2 heterocycles. The molecule has 0 spiro atoms. The van der Waals surface area contributed by atoms with Crippen LogP contribution in [0, 0.1) is 0 Å². The van der Waals surface area contributed by atoms with Crippen molar-refractivity contribution in [3.8, 4) is 5.69 Å². The highest BCUT2D eigenvalue weighted by atomic mass is 32.1. The molecule has 1 atom stereocenters. The molecule has 1 unspecified atom stereocenters. The maximum absolute atomic E-state index is 13.0. The number of thiophene rings is 1. The average Bonchev–Trinajstić information content (AvgIpc) is 3.40. The van der Waals surface area contributed by atoms with E-state index in [1.807, 2.05) is 60.0 Å². The maximum atomic E-state index is 13.0. The Morgan fingerprint density at radius 1 is 1.03 bits per heavy atom. The second-order valence-corrected chi connectivity index (χ2v) is 7.60. The number of fused-ring (bicyclic) bond motifs is 1. The van der Waals surface area contributed by atoms with E-state index < -0.39 is 23.6 Å². The number of nitrogens with zero attached hydrogens (tertiary/aromatic N) is 2. The summed E-state index contributed by atoms with van der Waals surface area (Å²) >= 11 is 1.55. The molecule has 2 aromatic carbocycles. The fourth-order valence-electron chi connectivity index (χ4n) is 3.26. The number of benzene rings is 2. The lowest BCUT2D eigenvalue weighted by Crippen LogP contribution is -2.47. The monoisotopic (exact) mass is 418 g/mol. The van der Waals surface area contributed by atoms with Crippen LogP contribution in [0.25, 0.3) is 15.8 Å². The number of rotatable bonds is 7. The summed E-state index contributed by atoms with van der Waals surface area (Å²) in [5.74, 6) is -2.45. The minimum Gasteiger partial charge on any atom is -0.363 e. The van der Waals surface area contributed by atoms with Crippen LogP contribution >= 0.6 is 11.3 Å². The number of aromatic nitrogens is 2. The number of hydrogen-bond acceptors (Lipinski definition) is 5. The van der Waals surface area contributed by atoms with Gasteiger partial charge in [-0.3, -0.25) is 14.4 Å². The highest BCUT2D eigenvalue weighted by Gasteiger charge is 2.27. The van der Waals surface area contributed by atoms with Crippen LogP contribution < -0.4 is 11.1 Å². The third-order valence-electron chi connectivity index (χ3n) is 4.71. The molecule has 0 fully saturated rings. The number of hydrogen-bond donors (Lipinski definition) is 2. The van der Waals surface area contributed by atoms with Gasteiger partial charge >= 0.3 is 0 Å². The van der Waals surface area contributed by atoms with Crippen molar-refractivity contribution >= 4 is 39.0 Å². The fourth-order valence-corrected chi connectivity index (χ4v) is 4.18. The highest BCUT2D eigenvalue weighted by molar-refractivity contribution is 7.17. The van der Waals surface area contributed by atoms with E-state index in [2.05, 4.69) is 10.4 Å². The molecule has 4 aromatic rings. The predicted octanol–water partition coefficient (Wildman–Crippen LogP) is 2.48. The quantitative estimate of drug-likeness (QED) is 0.450. The normalized spacial score (nSPS) is 11.9. The lowest BCUT2D eigenvalue weighted by molar-refractivity contribution is -0.137. The van der Waals surface area contributed by atoms with Crippen molar-refractivity contribution in [2.75, 3.05) is 0 Å². The average molecular weight is 418 g/mol. The molecule has 3 N–H and O–H groups in total. The molecule has 30 heavy (non-hydrogen) atoms. The van der Waals surface area contributed by atoms with Gasteiger partial charge in [0.15, 0.2) is 0 Å². The number of carbonyl (C=O) groups excluding carboxylic acids is 3. The SMILES string of the molecule is NC(=O)C(=O)C(Cc1ccccc1)NC(=O)c1ccnn1-c1csc2ccccc12. The Bertz CT molecular complexity index is 1230. The number of amides is 2. The second-order valence-electron chi connectivity index (χ2n) is 6.69. The molecule has 8 heteroatoms. The molecule has 2 amide bonds. The third kappa shape index (κ3) is 3.85. The smallest absolute Gasteiger partial charge is 0.287 e. The van der Waals surface area contributed by atoms with E-state index in [0.717, 1.165) is 21.3 Å². The molecule has 2 aromatic heterocycles. The molecule has 0 aliphatic heterocycles. The van der Waals surface area contributed by atoms with Crippen LogP contribution in [0.5, 0.6) is 0 Å². The van der Waals surface area contributed by atoms with E-state index in [0.29, 0.717) is 0 Å². The maximum Gasteiger partial charge on any atom is 0.287 e. The van der Waals surface area contributed by atoms with Crippen LogP contribution in [0.1, 0.15) is 16.1 Å². The van der Waals surface area contributed by atoms with Crippen LogP contribution in [0.2, 0.25) is 0 Å². The molecule has 0 aliphatic carbocycles. The Morgan fingerprint density at radius 2 is 1.77 bits per heavy atom. The van der Waals surface area contributed by atoms with Crippen molar-refractivity contribution in [1.82, 2.24) is 15.1 Å². The molecular formula is C22H18N4O3S. The van der Waals surface area contributed by atoms with E-state index >= 15 is 0 Å². The Labute approximate surface area is 176 Å². The standard InChI is InChI=1S/C22H18N4O3S/c23-21(28)20(27)16(12-14-6-2-1-3-7-14)25-22(29)17-10-11-24-26(17)18-13-30-19-9-5-4-8-15(18)19/h1-11,13,16H,12H2,(H2,23,28)(H,25,29). The molecule has 4 rings (SSSR count). The summed E-state index contributed by atoms with van der Waals surface area (Å²) in [5, 5.41) is 9.83. The third-order valence-corrected chi connectivity index (χ3v) is 5.66. The van der Waals surface area contributed by atoms with Crippen molar-refractivity contribution in [3.05, 3.63) is 83.5 Å².